The van der Waals surface area contributed by atoms with Crippen LogP contribution in [0, 0.1) is 11.3 Å². The number of benzene rings is 2. The van der Waals surface area contributed by atoms with Crippen molar-refractivity contribution >= 4 is 34.2 Å². The fourth-order valence-electron chi connectivity index (χ4n) is 3.84. The van der Waals surface area contributed by atoms with Gasteiger partial charge < -0.3 is 9.88 Å². The number of anilines is 1. The number of aromatic nitrogens is 2. The van der Waals surface area contributed by atoms with Gasteiger partial charge in [-0.25, -0.2) is 4.98 Å². The summed E-state index contributed by atoms with van der Waals surface area (Å²) in [6.07, 6.45) is 2.01. The molecule has 1 aliphatic rings. The molecule has 3 aromatic rings. The number of nitriles is 1. The second-order valence-electron chi connectivity index (χ2n) is 7.00. The topological polar surface area (TPSA) is 74.0 Å². The Labute approximate surface area is 168 Å². The van der Waals surface area contributed by atoms with E-state index in [4.69, 9.17) is 21.8 Å². The fraction of sp³-hybridized carbons (Fsp3) is 0.286. The lowest BCUT2D eigenvalue weighted by Gasteiger charge is -2.23. The lowest BCUT2D eigenvalue weighted by Crippen LogP contribution is -2.33. The summed E-state index contributed by atoms with van der Waals surface area (Å²) in [7, 11) is 2.03. The summed E-state index contributed by atoms with van der Waals surface area (Å²) in [5, 5.41) is 12.2. The van der Waals surface area contributed by atoms with Gasteiger partial charge in [-0.15, -0.1) is 0 Å². The predicted molar refractivity (Wildman–Crippen MR) is 109 cm³/mol. The van der Waals surface area contributed by atoms with Crippen molar-refractivity contribution in [2.24, 2.45) is 7.05 Å². The molecular formula is C21H20ClN5O. The molecule has 1 N–H and O–H groups in total. The fourth-order valence-corrected chi connectivity index (χ4v) is 4.06. The Morgan fingerprint density at radius 2 is 2.18 bits per heavy atom. The number of rotatable bonds is 4. The highest BCUT2D eigenvalue weighted by atomic mass is 35.5. The Kier molecular flexibility index (Phi) is 5.03. The third-order valence-corrected chi connectivity index (χ3v) is 5.52. The van der Waals surface area contributed by atoms with Gasteiger partial charge in [-0.3, -0.25) is 9.69 Å². The summed E-state index contributed by atoms with van der Waals surface area (Å²) in [5.74, 6) is 0.888. The standard InChI is InChI=1S/C21H20ClN5O/c1-26-18-6-3-2-5-17(18)25-21(26)19-7-4-10-27(19)13-20(28)24-15-9-8-14(12-23)16(22)11-15/h2-3,5-6,8-9,11,19H,4,7,10,13H2,1H3,(H,24,28)/t19-/m1/s1. The molecule has 6 nitrogen and oxygen atoms in total. The normalized spacial score (nSPS) is 17.0. The van der Waals surface area contributed by atoms with Gasteiger partial charge in [-0.05, 0) is 49.7 Å². The van der Waals surface area contributed by atoms with Gasteiger partial charge >= 0.3 is 0 Å². The van der Waals surface area contributed by atoms with E-state index in [0.29, 0.717) is 16.3 Å². The Bertz CT molecular complexity index is 1080. The highest BCUT2D eigenvalue weighted by Crippen LogP contribution is 2.32. The number of amides is 1. The van der Waals surface area contributed by atoms with Gasteiger partial charge in [0.25, 0.3) is 0 Å². The molecule has 28 heavy (non-hydrogen) atoms. The van der Waals surface area contributed by atoms with Crippen molar-refractivity contribution in [2.75, 3.05) is 18.4 Å². The molecule has 1 aromatic heterocycles. The summed E-state index contributed by atoms with van der Waals surface area (Å²) in [5.41, 5.74) is 3.05. The van der Waals surface area contributed by atoms with E-state index in [1.54, 1.807) is 18.2 Å². The SMILES string of the molecule is Cn1c([C@H]2CCCN2CC(=O)Nc2ccc(C#N)c(Cl)c2)nc2ccccc21. The van der Waals surface area contributed by atoms with Crippen molar-refractivity contribution in [2.45, 2.75) is 18.9 Å². The van der Waals surface area contributed by atoms with Gasteiger partial charge in [0.1, 0.15) is 11.9 Å². The average molecular weight is 394 g/mol. The molecule has 1 saturated heterocycles. The number of imidazole rings is 1. The number of hydrogen-bond acceptors (Lipinski definition) is 4. The van der Waals surface area contributed by atoms with E-state index in [0.717, 1.165) is 36.2 Å². The number of nitrogens with zero attached hydrogens (tertiary/aromatic N) is 4. The summed E-state index contributed by atoms with van der Waals surface area (Å²) in [6.45, 7) is 1.14. The third kappa shape index (κ3) is 3.47. The van der Waals surface area contributed by atoms with Gasteiger partial charge in [0.05, 0.1) is 34.2 Å². The zero-order chi connectivity index (χ0) is 19.7. The summed E-state index contributed by atoms with van der Waals surface area (Å²) < 4.78 is 2.12. The number of carbonyl (C=O) groups is 1. The Balaban J connectivity index is 1.49. The zero-order valence-corrected chi connectivity index (χ0v) is 16.3. The quantitative estimate of drug-likeness (QED) is 0.730. The van der Waals surface area contributed by atoms with Crippen molar-refractivity contribution in [3.63, 3.8) is 0 Å². The van der Waals surface area contributed by atoms with E-state index in [-0.39, 0.29) is 18.5 Å². The van der Waals surface area contributed by atoms with Gasteiger partial charge in [-0.1, -0.05) is 23.7 Å². The zero-order valence-electron chi connectivity index (χ0n) is 15.5. The van der Waals surface area contributed by atoms with Crippen LogP contribution in [0.3, 0.4) is 0 Å². The van der Waals surface area contributed by atoms with E-state index >= 15 is 0 Å². The Morgan fingerprint density at radius 1 is 1.36 bits per heavy atom. The molecule has 0 spiro atoms. The van der Waals surface area contributed by atoms with E-state index < -0.39 is 0 Å². The smallest absolute Gasteiger partial charge is 0.238 e. The van der Waals surface area contributed by atoms with Crippen LogP contribution in [0.15, 0.2) is 42.5 Å². The number of halogens is 1. The summed E-state index contributed by atoms with van der Waals surface area (Å²) in [4.78, 5) is 19.6. The van der Waals surface area contributed by atoms with Crippen LogP contribution < -0.4 is 5.32 Å². The van der Waals surface area contributed by atoms with Crippen LogP contribution in [0.4, 0.5) is 5.69 Å². The van der Waals surface area contributed by atoms with Crippen LogP contribution in [0.1, 0.15) is 30.3 Å². The monoisotopic (exact) mass is 393 g/mol. The maximum absolute atomic E-state index is 12.6. The second kappa shape index (κ2) is 7.63. The lowest BCUT2D eigenvalue weighted by atomic mass is 10.2. The number of fused-ring (bicyclic) bond motifs is 1. The number of likely N-dealkylation sites (tertiary alicyclic amines) is 1. The first kappa shape index (κ1) is 18.5. The van der Waals surface area contributed by atoms with Crippen LogP contribution in [0.2, 0.25) is 5.02 Å². The molecule has 1 atom stereocenters. The van der Waals surface area contributed by atoms with Crippen LogP contribution >= 0.6 is 11.6 Å². The van der Waals surface area contributed by atoms with E-state index in [9.17, 15) is 4.79 Å². The van der Waals surface area contributed by atoms with Crippen LogP contribution in [0.5, 0.6) is 0 Å². The van der Waals surface area contributed by atoms with Gasteiger partial charge in [0.15, 0.2) is 0 Å². The molecular weight excluding hydrogens is 374 g/mol. The third-order valence-electron chi connectivity index (χ3n) is 5.20. The summed E-state index contributed by atoms with van der Waals surface area (Å²) in [6, 6.07) is 15.1. The number of para-hydroxylation sites is 2. The van der Waals surface area contributed by atoms with Gasteiger partial charge in [-0.2, -0.15) is 5.26 Å². The molecule has 0 unspecified atom stereocenters. The van der Waals surface area contributed by atoms with Gasteiger partial charge in [0.2, 0.25) is 5.91 Å². The van der Waals surface area contributed by atoms with Crippen LogP contribution in [-0.2, 0) is 11.8 Å². The van der Waals surface area contributed by atoms with Crippen LogP contribution in [0.25, 0.3) is 11.0 Å². The molecule has 0 radical (unpaired) electrons. The maximum atomic E-state index is 12.6. The number of aryl methyl sites for hydroxylation is 1. The first-order valence-corrected chi connectivity index (χ1v) is 9.59. The average Bonchev–Trinajstić information content (AvgIpc) is 3.26. The number of nitrogens with one attached hydrogen (secondary N) is 1. The second-order valence-corrected chi connectivity index (χ2v) is 7.41. The molecule has 0 aliphatic carbocycles. The van der Waals surface area contributed by atoms with E-state index in [1.807, 2.05) is 31.3 Å². The molecule has 2 heterocycles. The summed E-state index contributed by atoms with van der Waals surface area (Å²) >= 11 is 6.05. The van der Waals surface area contributed by atoms with E-state index in [1.165, 1.54) is 0 Å². The number of hydrogen-bond donors (Lipinski definition) is 1. The van der Waals surface area contributed by atoms with Crippen molar-refractivity contribution < 1.29 is 4.79 Å². The molecule has 1 amide bonds. The van der Waals surface area contributed by atoms with E-state index in [2.05, 4.69) is 20.9 Å². The van der Waals surface area contributed by atoms with Gasteiger partial charge in [0, 0.05) is 12.7 Å². The predicted octanol–water partition coefficient (Wildman–Crippen LogP) is 3.87. The molecule has 2 aromatic carbocycles. The Hall–Kier alpha value is -2.88. The molecule has 142 valence electrons. The van der Waals surface area contributed by atoms with Crippen molar-refractivity contribution in [1.29, 1.82) is 5.26 Å². The minimum Gasteiger partial charge on any atom is -0.330 e. The molecule has 4 rings (SSSR count). The molecule has 0 bridgehead atoms. The van der Waals surface area contributed by atoms with Crippen molar-refractivity contribution in [3.05, 3.63) is 58.9 Å². The lowest BCUT2D eigenvalue weighted by molar-refractivity contribution is -0.117. The number of carbonyl (C=O) groups excluding carboxylic acids is 1. The minimum absolute atomic E-state index is 0.105. The largest absolute Gasteiger partial charge is 0.330 e. The van der Waals surface area contributed by atoms with Crippen molar-refractivity contribution in [1.82, 2.24) is 14.5 Å². The first-order chi connectivity index (χ1) is 13.6. The highest BCUT2D eigenvalue weighted by molar-refractivity contribution is 6.32. The minimum atomic E-state index is -0.105. The molecule has 1 fully saturated rings. The van der Waals surface area contributed by atoms with Crippen LogP contribution in [-0.4, -0.2) is 33.4 Å². The first-order valence-electron chi connectivity index (χ1n) is 9.21. The maximum Gasteiger partial charge on any atom is 0.238 e. The Morgan fingerprint density at radius 3 is 2.93 bits per heavy atom. The molecule has 7 heteroatoms. The van der Waals surface area contributed by atoms with Crippen molar-refractivity contribution in [3.8, 4) is 6.07 Å². The molecule has 1 aliphatic heterocycles. The highest BCUT2D eigenvalue weighted by Gasteiger charge is 2.31. The molecule has 0 saturated carbocycles.